The van der Waals surface area contributed by atoms with Crippen LogP contribution in [0.1, 0.15) is 30.1 Å². The van der Waals surface area contributed by atoms with Crippen molar-refractivity contribution in [2.24, 2.45) is 5.73 Å². The van der Waals surface area contributed by atoms with E-state index in [-0.39, 0.29) is 11.5 Å². The zero-order valence-electron chi connectivity index (χ0n) is 6.87. The molecule has 0 saturated carbocycles. The van der Waals surface area contributed by atoms with Crippen molar-refractivity contribution in [3.63, 3.8) is 0 Å². The fraction of sp³-hybridized carbons (Fsp3) is 0.429. The van der Waals surface area contributed by atoms with Gasteiger partial charge >= 0.3 is 5.97 Å². The quantitative estimate of drug-likeness (QED) is 0.677. The molecule has 5 nitrogen and oxygen atoms in total. The van der Waals surface area contributed by atoms with Gasteiger partial charge in [-0.1, -0.05) is 0 Å². The normalized spacial score (nSPS) is 11.6. The average Bonchev–Trinajstić information content (AvgIpc) is 2.30. The first-order valence-electron chi connectivity index (χ1n) is 3.39. The van der Waals surface area contributed by atoms with E-state index in [1.54, 1.807) is 13.8 Å². The SMILES string of the molecule is CC(C)(N)c1ocnc1C(=O)O. The molecule has 66 valence electrons. The van der Waals surface area contributed by atoms with Crippen LogP contribution < -0.4 is 5.73 Å². The molecule has 0 unspecified atom stereocenters. The van der Waals surface area contributed by atoms with Crippen molar-refractivity contribution in [2.45, 2.75) is 19.4 Å². The maximum Gasteiger partial charge on any atom is 0.358 e. The fourth-order valence-corrected chi connectivity index (χ4v) is 0.856. The highest BCUT2D eigenvalue weighted by molar-refractivity contribution is 5.86. The Bertz CT molecular complexity index is 298. The van der Waals surface area contributed by atoms with Crippen LogP contribution in [0.15, 0.2) is 10.8 Å². The Hall–Kier alpha value is -1.36. The van der Waals surface area contributed by atoms with Gasteiger partial charge < -0.3 is 15.3 Å². The second-order valence-electron chi connectivity index (χ2n) is 3.06. The maximum atomic E-state index is 10.6. The number of aromatic nitrogens is 1. The monoisotopic (exact) mass is 170 g/mol. The summed E-state index contributed by atoms with van der Waals surface area (Å²) in [4.78, 5) is 14.1. The second-order valence-corrected chi connectivity index (χ2v) is 3.06. The highest BCUT2D eigenvalue weighted by Crippen LogP contribution is 2.19. The summed E-state index contributed by atoms with van der Waals surface area (Å²) in [5.74, 6) is -0.938. The molecule has 0 saturated heterocycles. The van der Waals surface area contributed by atoms with Crippen LogP contribution >= 0.6 is 0 Å². The molecular formula is C7H10N2O3. The molecule has 0 spiro atoms. The Labute approximate surface area is 69.2 Å². The van der Waals surface area contributed by atoms with Crippen LogP contribution in [-0.2, 0) is 5.54 Å². The topological polar surface area (TPSA) is 89.4 Å². The number of aromatic carboxylic acids is 1. The molecule has 0 radical (unpaired) electrons. The van der Waals surface area contributed by atoms with Gasteiger partial charge in [0.15, 0.2) is 17.8 Å². The first-order valence-corrected chi connectivity index (χ1v) is 3.39. The van der Waals surface area contributed by atoms with Gasteiger partial charge in [-0.3, -0.25) is 0 Å². The lowest BCUT2D eigenvalue weighted by Gasteiger charge is -2.14. The van der Waals surface area contributed by atoms with E-state index in [0.717, 1.165) is 6.39 Å². The number of hydrogen-bond acceptors (Lipinski definition) is 4. The van der Waals surface area contributed by atoms with E-state index in [1.165, 1.54) is 0 Å². The van der Waals surface area contributed by atoms with Gasteiger partial charge in [0.05, 0.1) is 5.54 Å². The van der Waals surface area contributed by atoms with E-state index in [1.807, 2.05) is 0 Å². The van der Waals surface area contributed by atoms with Crippen LogP contribution in [0.5, 0.6) is 0 Å². The van der Waals surface area contributed by atoms with Crippen molar-refractivity contribution < 1.29 is 14.3 Å². The van der Waals surface area contributed by atoms with Crippen molar-refractivity contribution in [1.82, 2.24) is 4.98 Å². The molecule has 0 fully saturated rings. The van der Waals surface area contributed by atoms with Crippen LogP contribution in [0.3, 0.4) is 0 Å². The molecule has 0 amide bonds. The Balaban J connectivity index is 3.17. The van der Waals surface area contributed by atoms with Gasteiger partial charge in [0.1, 0.15) is 0 Å². The predicted octanol–water partition coefficient (Wildman–Crippen LogP) is 0.567. The lowest BCUT2D eigenvalue weighted by molar-refractivity contribution is 0.0686. The van der Waals surface area contributed by atoms with Crippen LogP contribution in [0, 0.1) is 0 Å². The summed E-state index contributed by atoms with van der Waals surface area (Å²) in [5, 5.41) is 8.64. The lowest BCUT2D eigenvalue weighted by Crippen LogP contribution is -2.30. The van der Waals surface area contributed by atoms with Crippen molar-refractivity contribution in [3.8, 4) is 0 Å². The van der Waals surface area contributed by atoms with E-state index < -0.39 is 11.5 Å². The number of hydrogen-bond donors (Lipinski definition) is 2. The molecule has 5 heteroatoms. The molecule has 1 aromatic heterocycles. The summed E-state index contributed by atoms with van der Waals surface area (Å²) < 4.78 is 4.87. The van der Waals surface area contributed by atoms with Gasteiger partial charge in [-0.15, -0.1) is 0 Å². The third-order valence-corrected chi connectivity index (χ3v) is 1.36. The summed E-state index contributed by atoms with van der Waals surface area (Å²) in [5.41, 5.74) is 4.70. The minimum atomic E-state index is -1.13. The summed E-state index contributed by atoms with van der Waals surface area (Å²) in [6, 6.07) is 0. The number of rotatable bonds is 2. The Morgan fingerprint density at radius 1 is 1.75 bits per heavy atom. The van der Waals surface area contributed by atoms with E-state index in [0.29, 0.717) is 0 Å². The minimum absolute atomic E-state index is 0.123. The third-order valence-electron chi connectivity index (χ3n) is 1.36. The molecule has 1 aromatic rings. The number of nitrogens with two attached hydrogens (primary N) is 1. The molecular weight excluding hydrogens is 160 g/mol. The molecule has 3 N–H and O–H groups in total. The summed E-state index contributed by atoms with van der Waals surface area (Å²) in [6.07, 6.45) is 1.08. The number of oxazole rings is 1. The number of carbonyl (C=O) groups is 1. The van der Waals surface area contributed by atoms with Crippen molar-refractivity contribution in [3.05, 3.63) is 17.8 Å². The molecule has 0 aromatic carbocycles. The molecule has 0 aliphatic heterocycles. The first-order chi connectivity index (χ1) is 5.43. The predicted molar refractivity (Wildman–Crippen MR) is 40.7 cm³/mol. The minimum Gasteiger partial charge on any atom is -0.476 e. The standard InChI is InChI=1S/C7H10N2O3/c1-7(2,8)5-4(6(10)11)9-3-12-5/h3H,8H2,1-2H3,(H,10,11). The Morgan fingerprint density at radius 3 is 2.67 bits per heavy atom. The van der Waals surface area contributed by atoms with Crippen LogP contribution in [0.4, 0.5) is 0 Å². The summed E-state index contributed by atoms with van der Waals surface area (Å²) in [7, 11) is 0. The highest BCUT2D eigenvalue weighted by Gasteiger charge is 2.26. The van der Waals surface area contributed by atoms with E-state index in [9.17, 15) is 4.79 Å². The third kappa shape index (κ3) is 1.45. The largest absolute Gasteiger partial charge is 0.476 e. The molecule has 0 aliphatic carbocycles. The fourth-order valence-electron chi connectivity index (χ4n) is 0.856. The number of carboxylic acid groups (broad SMARTS) is 1. The van der Waals surface area contributed by atoms with Gasteiger partial charge in [0.25, 0.3) is 0 Å². The zero-order valence-corrected chi connectivity index (χ0v) is 6.87. The summed E-state index contributed by atoms with van der Waals surface area (Å²) >= 11 is 0. The smallest absolute Gasteiger partial charge is 0.358 e. The van der Waals surface area contributed by atoms with Gasteiger partial charge in [-0.05, 0) is 13.8 Å². The maximum absolute atomic E-state index is 10.6. The van der Waals surface area contributed by atoms with E-state index in [4.69, 9.17) is 15.3 Å². The molecule has 0 bridgehead atoms. The van der Waals surface area contributed by atoms with Crippen LogP contribution in [0.25, 0.3) is 0 Å². The molecule has 1 rings (SSSR count). The number of carboxylic acids is 1. The average molecular weight is 170 g/mol. The van der Waals surface area contributed by atoms with Gasteiger partial charge in [0, 0.05) is 0 Å². The van der Waals surface area contributed by atoms with Crippen molar-refractivity contribution >= 4 is 5.97 Å². The van der Waals surface area contributed by atoms with Gasteiger partial charge in [-0.2, -0.15) is 0 Å². The van der Waals surface area contributed by atoms with E-state index in [2.05, 4.69) is 4.98 Å². The molecule has 0 atom stereocenters. The van der Waals surface area contributed by atoms with E-state index >= 15 is 0 Å². The van der Waals surface area contributed by atoms with Crippen LogP contribution in [0.2, 0.25) is 0 Å². The van der Waals surface area contributed by atoms with Crippen molar-refractivity contribution in [1.29, 1.82) is 0 Å². The molecule has 12 heavy (non-hydrogen) atoms. The Morgan fingerprint density at radius 2 is 2.33 bits per heavy atom. The van der Waals surface area contributed by atoms with Gasteiger partial charge in [0.2, 0.25) is 0 Å². The molecule has 1 heterocycles. The zero-order chi connectivity index (χ0) is 9.35. The number of nitrogens with zero attached hydrogens (tertiary/aromatic N) is 1. The molecule has 0 aliphatic rings. The first kappa shape index (κ1) is 8.73. The second kappa shape index (κ2) is 2.60. The van der Waals surface area contributed by atoms with Crippen molar-refractivity contribution in [2.75, 3.05) is 0 Å². The Kier molecular flexibility index (Phi) is 1.89. The van der Waals surface area contributed by atoms with Crippen LogP contribution in [-0.4, -0.2) is 16.1 Å². The summed E-state index contributed by atoms with van der Waals surface area (Å²) in [6.45, 7) is 3.31. The lowest BCUT2D eigenvalue weighted by atomic mass is 10.0. The van der Waals surface area contributed by atoms with Gasteiger partial charge in [-0.25, -0.2) is 9.78 Å². The highest BCUT2D eigenvalue weighted by atomic mass is 16.4.